The van der Waals surface area contributed by atoms with Crippen LogP contribution in [-0.2, 0) is 22.4 Å². The van der Waals surface area contributed by atoms with Gasteiger partial charge in [0.05, 0.1) is 39.4 Å². The highest BCUT2D eigenvalue weighted by Crippen LogP contribution is 2.38. The molecule has 1 aromatic heterocycles. The van der Waals surface area contributed by atoms with Crippen LogP contribution in [0.3, 0.4) is 0 Å². The number of ether oxygens (including phenoxy) is 4. The summed E-state index contributed by atoms with van der Waals surface area (Å²) in [5, 5.41) is 1.98. The predicted octanol–water partition coefficient (Wildman–Crippen LogP) is 4.30. The number of carbonyl (C=O) groups is 2. The van der Waals surface area contributed by atoms with Crippen molar-refractivity contribution in [3.05, 3.63) is 75.5 Å². The molecule has 0 fully saturated rings. The van der Waals surface area contributed by atoms with Gasteiger partial charge in [0.25, 0.3) is 0 Å². The zero-order valence-electron chi connectivity index (χ0n) is 19.4. The van der Waals surface area contributed by atoms with E-state index in [2.05, 4.69) is 0 Å². The molecule has 0 saturated heterocycles. The van der Waals surface area contributed by atoms with Gasteiger partial charge in [-0.3, -0.25) is 4.79 Å². The van der Waals surface area contributed by atoms with E-state index in [9.17, 15) is 9.59 Å². The molecule has 34 heavy (non-hydrogen) atoms. The fourth-order valence-corrected chi connectivity index (χ4v) is 4.85. The highest BCUT2D eigenvalue weighted by atomic mass is 32.1. The third-order valence-corrected chi connectivity index (χ3v) is 6.79. The van der Waals surface area contributed by atoms with Crippen molar-refractivity contribution in [3.8, 4) is 17.2 Å². The summed E-state index contributed by atoms with van der Waals surface area (Å²) in [6.45, 7) is 0.845. The van der Waals surface area contributed by atoms with Gasteiger partial charge < -0.3 is 23.8 Å². The van der Waals surface area contributed by atoms with Crippen molar-refractivity contribution >= 4 is 23.2 Å². The Bertz CT molecular complexity index is 1140. The van der Waals surface area contributed by atoms with E-state index >= 15 is 0 Å². The highest BCUT2D eigenvalue weighted by Gasteiger charge is 2.33. The maximum Gasteiger partial charge on any atom is 0.337 e. The van der Waals surface area contributed by atoms with Crippen LogP contribution < -0.4 is 14.2 Å². The molecule has 1 amide bonds. The summed E-state index contributed by atoms with van der Waals surface area (Å²) >= 11 is 1.58. The first-order chi connectivity index (χ1) is 16.5. The number of amides is 1. The second-order valence-electron chi connectivity index (χ2n) is 7.84. The third kappa shape index (κ3) is 5.02. The van der Waals surface area contributed by atoms with Gasteiger partial charge in [0.15, 0.2) is 11.5 Å². The minimum absolute atomic E-state index is 0.0533. The third-order valence-electron chi connectivity index (χ3n) is 5.91. The molecule has 2 aromatic carbocycles. The van der Waals surface area contributed by atoms with Crippen LogP contribution in [0.1, 0.15) is 32.4 Å². The lowest BCUT2D eigenvalue weighted by Crippen LogP contribution is -2.43. The summed E-state index contributed by atoms with van der Waals surface area (Å²) in [4.78, 5) is 27.9. The molecule has 1 aliphatic rings. The first kappa shape index (κ1) is 23.6. The van der Waals surface area contributed by atoms with Crippen LogP contribution >= 0.6 is 11.3 Å². The summed E-state index contributed by atoms with van der Waals surface area (Å²) < 4.78 is 21.9. The van der Waals surface area contributed by atoms with Crippen molar-refractivity contribution in [2.24, 2.45) is 0 Å². The van der Waals surface area contributed by atoms with Crippen molar-refractivity contribution in [1.29, 1.82) is 0 Å². The average molecular weight is 482 g/mol. The fraction of sp³-hybridized carbons (Fsp3) is 0.308. The van der Waals surface area contributed by atoms with Crippen LogP contribution in [0.5, 0.6) is 17.2 Å². The van der Waals surface area contributed by atoms with E-state index in [1.807, 2.05) is 34.5 Å². The number of carbonyl (C=O) groups excluding carboxylic acids is 2. The van der Waals surface area contributed by atoms with Gasteiger partial charge in [0.2, 0.25) is 5.91 Å². The molecule has 0 spiro atoms. The molecule has 0 bridgehead atoms. The number of hydrogen-bond acceptors (Lipinski definition) is 7. The first-order valence-electron chi connectivity index (χ1n) is 10.9. The Kier molecular flexibility index (Phi) is 7.37. The normalized spacial score (nSPS) is 14.8. The second kappa shape index (κ2) is 10.6. The van der Waals surface area contributed by atoms with Crippen molar-refractivity contribution in [2.45, 2.75) is 18.9 Å². The number of benzene rings is 2. The van der Waals surface area contributed by atoms with Crippen LogP contribution in [-0.4, -0.2) is 51.3 Å². The van der Waals surface area contributed by atoms with Gasteiger partial charge in [0.1, 0.15) is 12.4 Å². The number of nitrogens with zero attached hydrogens (tertiary/aromatic N) is 1. The van der Waals surface area contributed by atoms with Gasteiger partial charge >= 0.3 is 5.97 Å². The van der Waals surface area contributed by atoms with Gasteiger partial charge in [-0.25, -0.2) is 4.79 Å². The zero-order chi connectivity index (χ0) is 24.1. The van der Waals surface area contributed by atoms with Gasteiger partial charge in [-0.2, -0.15) is 0 Å². The van der Waals surface area contributed by atoms with Gasteiger partial charge in [-0.05, 0) is 65.4 Å². The van der Waals surface area contributed by atoms with Crippen LogP contribution in [0.4, 0.5) is 0 Å². The lowest BCUT2D eigenvalue weighted by atomic mass is 9.91. The molecule has 2 heterocycles. The summed E-state index contributed by atoms with van der Waals surface area (Å²) in [6.07, 6.45) is 1.07. The lowest BCUT2D eigenvalue weighted by Gasteiger charge is -2.37. The molecular weight excluding hydrogens is 454 g/mol. The molecule has 4 rings (SSSR count). The SMILES string of the molecule is COC(=O)c1ccc(OCC2c3cc(OC)c(OC)cc3CCN2C(=O)Cc2cccs2)cc1. The molecule has 0 N–H and O–H groups in total. The number of hydrogen-bond donors (Lipinski definition) is 0. The number of thiophene rings is 1. The molecule has 8 heteroatoms. The number of fused-ring (bicyclic) bond motifs is 1. The van der Waals surface area contributed by atoms with Gasteiger partial charge in [-0.15, -0.1) is 11.3 Å². The Balaban J connectivity index is 1.61. The second-order valence-corrected chi connectivity index (χ2v) is 8.87. The zero-order valence-corrected chi connectivity index (χ0v) is 20.2. The Morgan fingerprint density at radius 3 is 2.41 bits per heavy atom. The van der Waals surface area contributed by atoms with Crippen molar-refractivity contribution in [2.75, 3.05) is 34.5 Å². The van der Waals surface area contributed by atoms with E-state index in [1.54, 1.807) is 49.8 Å². The van der Waals surface area contributed by atoms with Gasteiger partial charge in [0, 0.05) is 11.4 Å². The van der Waals surface area contributed by atoms with E-state index < -0.39 is 5.97 Å². The minimum atomic E-state index is -0.404. The van der Waals surface area contributed by atoms with E-state index in [4.69, 9.17) is 18.9 Å². The topological polar surface area (TPSA) is 74.3 Å². The van der Waals surface area contributed by atoms with E-state index in [-0.39, 0.29) is 18.6 Å². The quantitative estimate of drug-likeness (QED) is 0.447. The molecule has 0 radical (unpaired) electrons. The fourth-order valence-electron chi connectivity index (χ4n) is 4.15. The molecule has 0 aliphatic carbocycles. The molecule has 178 valence electrons. The Hall–Kier alpha value is -3.52. The summed E-state index contributed by atoms with van der Waals surface area (Å²) in [5.41, 5.74) is 2.53. The summed E-state index contributed by atoms with van der Waals surface area (Å²) in [6, 6.07) is 14.3. The van der Waals surface area contributed by atoms with Crippen molar-refractivity contribution < 1.29 is 28.5 Å². The number of rotatable bonds is 8. The lowest BCUT2D eigenvalue weighted by molar-refractivity contribution is -0.134. The Labute approximate surface area is 202 Å². The predicted molar refractivity (Wildman–Crippen MR) is 129 cm³/mol. The van der Waals surface area contributed by atoms with Crippen LogP contribution in [0.15, 0.2) is 53.9 Å². The molecule has 1 unspecified atom stereocenters. The van der Waals surface area contributed by atoms with Crippen LogP contribution in [0.2, 0.25) is 0 Å². The van der Waals surface area contributed by atoms with Gasteiger partial charge in [-0.1, -0.05) is 6.07 Å². The van der Waals surface area contributed by atoms with Crippen LogP contribution in [0.25, 0.3) is 0 Å². The molecule has 1 atom stereocenters. The molecule has 3 aromatic rings. The molecule has 7 nitrogen and oxygen atoms in total. The maximum atomic E-state index is 13.3. The molecular formula is C26H27NO6S. The summed E-state index contributed by atoms with van der Waals surface area (Å²) in [5.74, 6) is 1.53. The average Bonchev–Trinajstić information content (AvgIpc) is 3.39. The first-order valence-corrected chi connectivity index (χ1v) is 11.8. The van der Waals surface area contributed by atoms with E-state index in [0.717, 1.165) is 22.4 Å². The van der Waals surface area contributed by atoms with E-state index in [1.165, 1.54) is 7.11 Å². The standard InChI is InChI=1S/C26H27NO6S/c1-30-23-13-18-10-11-27(25(28)14-20-5-4-12-34-20)22(21(18)15-24(23)31-2)16-33-19-8-6-17(7-9-19)26(29)32-3/h4-9,12-13,15,22H,10-11,14,16H2,1-3H3. The van der Waals surface area contributed by atoms with E-state index in [0.29, 0.717) is 35.8 Å². The summed E-state index contributed by atoms with van der Waals surface area (Å²) in [7, 11) is 4.56. The largest absolute Gasteiger partial charge is 0.493 e. The Morgan fingerprint density at radius 1 is 1.03 bits per heavy atom. The highest BCUT2D eigenvalue weighted by molar-refractivity contribution is 7.10. The van der Waals surface area contributed by atoms with Crippen LogP contribution in [0, 0.1) is 0 Å². The Morgan fingerprint density at radius 2 is 1.76 bits per heavy atom. The number of esters is 1. The molecule has 0 saturated carbocycles. The van der Waals surface area contributed by atoms with Crippen molar-refractivity contribution in [3.63, 3.8) is 0 Å². The molecule has 1 aliphatic heterocycles. The maximum absolute atomic E-state index is 13.3. The monoisotopic (exact) mass is 481 g/mol. The smallest absolute Gasteiger partial charge is 0.337 e. The van der Waals surface area contributed by atoms with Crippen molar-refractivity contribution in [1.82, 2.24) is 4.90 Å². The number of methoxy groups -OCH3 is 3. The minimum Gasteiger partial charge on any atom is -0.493 e.